The Labute approximate surface area is 347 Å². The summed E-state index contributed by atoms with van der Waals surface area (Å²) in [6, 6.07) is 8.61. The molecular weight excluding hydrogens is 829 g/mol. The molecule has 1 atom stereocenters. The highest BCUT2D eigenvalue weighted by Gasteiger charge is 2.21. The van der Waals surface area contributed by atoms with E-state index in [-0.39, 0.29) is 35.0 Å². The van der Waals surface area contributed by atoms with Gasteiger partial charge in [-0.3, -0.25) is 28.2 Å². The number of carbonyl (C=O) groups excluding carboxylic acids is 2. The van der Waals surface area contributed by atoms with Gasteiger partial charge in [0, 0.05) is 18.6 Å². The van der Waals surface area contributed by atoms with Crippen molar-refractivity contribution in [3.63, 3.8) is 0 Å². The lowest BCUT2D eigenvalue weighted by Crippen LogP contribution is -2.25. The van der Waals surface area contributed by atoms with E-state index in [0.717, 1.165) is 0 Å². The number of rotatable bonds is 9. The quantitative estimate of drug-likeness (QED) is 0.0344. The number of nitrogen functional groups attached to an aromatic ring is 1. The van der Waals surface area contributed by atoms with Gasteiger partial charge >= 0.3 is 5.97 Å². The van der Waals surface area contributed by atoms with Gasteiger partial charge in [0.2, 0.25) is 12.9 Å². The standard InChI is InChI=1S/C12H8ClFN4O.C12H9FN4O2.C8H7FN4.C6H9O4/c1-19-9-5-16-12(17-11(9)13)8-4-15-10-3-2-7(14)6-18(8)10;1-19-9-5-15-11(16-12(9)18)8-4-14-10-3-2-7(13)6-17(8)10;9-5-1-2-7-12-3-6(8(10)11)13(7)4-5;1-3-10-6(8)5(4-7)9-2/h2-6H,1H3;2-6H,1H3,(H,15,16,18);1-4H,(H3,10,11);4-5H,2-3H2,1H3/q;;;+1. The number of ether oxygens (including phenoxy) is 4. The maximum Gasteiger partial charge on any atom is 0.348 e. The van der Waals surface area contributed by atoms with Gasteiger partial charge in [0.1, 0.15) is 57.3 Å². The van der Waals surface area contributed by atoms with Gasteiger partial charge in [-0.15, -0.1) is 0 Å². The summed E-state index contributed by atoms with van der Waals surface area (Å²) in [7, 11) is 5.79. The average Bonchev–Trinajstić information content (AvgIpc) is 3.99. The molecule has 0 aliphatic rings. The van der Waals surface area contributed by atoms with Crippen LogP contribution in [-0.4, -0.2) is 93.1 Å². The van der Waals surface area contributed by atoms with Crippen LogP contribution in [0.25, 0.3) is 40.0 Å². The Morgan fingerprint density at radius 1 is 0.836 bits per heavy atom. The fourth-order valence-electron chi connectivity index (χ4n) is 5.06. The summed E-state index contributed by atoms with van der Waals surface area (Å²) in [5.74, 6) is -0.838. The number of nitrogens with one attached hydrogen (secondary N) is 2. The molecule has 61 heavy (non-hydrogen) atoms. The summed E-state index contributed by atoms with van der Waals surface area (Å²) in [6.45, 7) is 1.87. The van der Waals surface area contributed by atoms with Crippen LogP contribution in [0.3, 0.4) is 0 Å². The van der Waals surface area contributed by atoms with Gasteiger partial charge in [0.15, 0.2) is 28.8 Å². The number of H-pyrrole nitrogens is 1. The third-order valence-electron chi connectivity index (χ3n) is 7.90. The van der Waals surface area contributed by atoms with Gasteiger partial charge in [0.05, 0.1) is 51.8 Å². The number of nitrogens with two attached hydrogens (primary N) is 1. The van der Waals surface area contributed by atoms with Gasteiger partial charge in [-0.2, -0.15) is 4.74 Å². The lowest BCUT2D eigenvalue weighted by atomic mass is 10.4. The number of nitrogens with zero attached hydrogens (tertiary/aromatic N) is 9. The molecule has 0 spiro atoms. The number of amidine groups is 1. The number of imidazole rings is 3. The molecule has 314 valence electrons. The zero-order valence-electron chi connectivity index (χ0n) is 32.1. The summed E-state index contributed by atoms with van der Waals surface area (Å²) in [5.41, 5.74) is 8.06. The number of esters is 1. The molecule has 0 amide bonds. The van der Waals surface area contributed by atoms with Crippen LogP contribution in [0.5, 0.6) is 11.5 Å². The van der Waals surface area contributed by atoms with E-state index in [1.54, 1.807) is 29.7 Å². The summed E-state index contributed by atoms with van der Waals surface area (Å²) in [6.07, 6.45) is 10.3. The number of pyridine rings is 3. The van der Waals surface area contributed by atoms with Crippen molar-refractivity contribution < 1.29 is 41.7 Å². The minimum Gasteiger partial charge on any atom is -0.492 e. The van der Waals surface area contributed by atoms with Gasteiger partial charge in [0.25, 0.3) is 11.7 Å². The van der Waals surface area contributed by atoms with Crippen molar-refractivity contribution in [2.75, 3.05) is 20.8 Å². The zero-order chi connectivity index (χ0) is 44.2. The molecule has 0 radical (unpaired) electrons. The Bertz CT molecular complexity index is 2880. The van der Waals surface area contributed by atoms with Crippen LogP contribution in [0, 0.1) is 30.0 Å². The molecule has 0 fully saturated rings. The molecule has 0 bridgehead atoms. The Morgan fingerprint density at radius 3 is 1.87 bits per heavy atom. The average molecular weight is 862 g/mol. The van der Waals surface area contributed by atoms with E-state index in [1.807, 2.05) is 0 Å². The van der Waals surface area contributed by atoms with Gasteiger partial charge < -0.3 is 24.9 Å². The molecule has 0 saturated carbocycles. The van der Waals surface area contributed by atoms with Crippen molar-refractivity contribution in [1.82, 2.24) is 48.1 Å². The SMILES string of the molecule is COc1cnc(-c2cnc3ccc(F)cn23)[nH]c1=O.COc1cnc(-c2cnc3ccc(F)cn23)nc1Cl.N=C(N)c1cnc2ccc(F)cn12.[CH2+]OC(C=O)C(=O)OCC. The van der Waals surface area contributed by atoms with Crippen molar-refractivity contribution in [2.24, 2.45) is 5.73 Å². The predicted octanol–water partition coefficient (Wildman–Crippen LogP) is 4.51. The summed E-state index contributed by atoms with van der Waals surface area (Å²) in [4.78, 5) is 59.3. The molecular formula is C38H33ClF3N12O7+. The molecule has 1 unspecified atom stereocenters. The minimum absolute atomic E-state index is 0.115. The number of carbonyl (C=O) groups is 2. The molecule has 0 aliphatic heterocycles. The Kier molecular flexibility index (Phi) is 14.7. The van der Waals surface area contributed by atoms with Crippen LogP contribution in [-0.2, 0) is 19.1 Å². The Balaban J connectivity index is 0.000000159. The zero-order valence-corrected chi connectivity index (χ0v) is 32.9. The van der Waals surface area contributed by atoms with Crippen LogP contribution < -0.4 is 20.8 Å². The smallest absolute Gasteiger partial charge is 0.348 e. The minimum atomic E-state index is -1.18. The molecule has 8 rings (SSSR count). The topological polar surface area (TPSA) is 244 Å². The maximum atomic E-state index is 13.3. The molecule has 0 saturated heterocycles. The first-order valence-electron chi connectivity index (χ1n) is 17.3. The molecule has 0 aromatic carbocycles. The largest absolute Gasteiger partial charge is 0.492 e. The van der Waals surface area contributed by atoms with E-state index in [2.05, 4.69) is 51.5 Å². The Morgan fingerprint density at radius 2 is 1.36 bits per heavy atom. The number of hydrogen-bond acceptors (Lipinski definition) is 14. The highest BCUT2D eigenvalue weighted by Crippen LogP contribution is 2.25. The molecule has 4 N–H and O–H groups in total. The number of hydrogen-bond donors (Lipinski definition) is 3. The van der Waals surface area contributed by atoms with Gasteiger partial charge in [-0.05, 0) is 43.3 Å². The van der Waals surface area contributed by atoms with Gasteiger partial charge in [-0.25, -0.2) is 47.9 Å². The van der Waals surface area contributed by atoms with E-state index in [4.69, 9.17) is 32.2 Å². The molecule has 8 aromatic rings. The highest BCUT2D eigenvalue weighted by molar-refractivity contribution is 6.30. The van der Waals surface area contributed by atoms with Crippen molar-refractivity contribution in [3.05, 3.63) is 132 Å². The first kappa shape index (κ1) is 44.3. The van der Waals surface area contributed by atoms with E-state index in [9.17, 15) is 27.6 Å². The number of halogens is 4. The summed E-state index contributed by atoms with van der Waals surface area (Å²) in [5, 5.41) is 7.39. The molecule has 8 aromatic heterocycles. The van der Waals surface area contributed by atoms with Crippen LogP contribution >= 0.6 is 11.6 Å². The monoisotopic (exact) mass is 861 g/mol. The normalized spacial score (nSPS) is 11.0. The first-order chi connectivity index (χ1) is 29.3. The molecule has 19 nitrogen and oxygen atoms in total. The lowest BCUT2D eigenvalue weighted by Gasteiger charge is -2.04. The maximum absolute atomic E-state index is 13.3. The molecule has 0 aliphatic carbocycles. The first-order valence-corrected chi connectivity index (χ1v) is 17.7. The van der Waals surface area contributed by atoms with E-state index in [1.165, 1.54) is 90.7 Å². The molecule has 8 heterocycles. The number of fused-ring (bicyclic) bond motifs is 3. The van der Waals surface area contributed by atoms with E-state index >= 15 is 0 Å². The highest BCUT2D eigenvalue weighted by atomic mass is 35.5. The fourth-order valence-corrected chi connectivity index (χ4v) is 5.27. The summed E-state index contributed by atoms with van der Waals surface area (Å²) < 4.78 is 62.3. The predicted molar refractivity (Wildman–Crippen MR) is 212 cm³/mol. The molecule has 23 heteroatoms. The van der Waals surface area contributed by atoms with Crippen LogP contribution in [0.1, 0.15) is 12.6 Å². The van der Waals surface area contributed by atoms with E-state index in [0.29, 0.717) is 57.7 Å². The van der Waals surface area contributed by atoms with Crippen molar-refractivity contribution >= 4 is 46.6 Å². The van der Waals surface area contributed by atoms with Crippen LogP contribution in [0.4, 0.5) is 13.2 Å². The fraction of sp³-hybridized carbons (Fsp3) is 0.132. The summed E-state index contributed by atoms with van der Waals surface area (Å²) >= 11 is 5.95. The Hall–Kier alpha value is -7.85. The number of methoxy groups -OCH3 is 2. The number of aromatic nitrogens is 10. The lowest BCUT2D eigenvalue weighted by molar-refractivity contribution is -0.154. The second kappa shape index (κ2) is 20.2. The van der Waals surface area contributed by atoms with Crippen molar-refractivity contribution in [1.29, 1.82) is 5.41 Å². The third kappa shape index (κ3) is 10.6. The third-order valence-corrected chi connectivity index (χ3v) is 8.17. The van der Waals surface area contributed by atoms with Gasteiger partial charge in [-0.1, -0.05) is 11.6 Å². The van der Waals surface area contributed by atoms with E-state index < -0.39 is 23.4 Å². The van der Waals surface area contributed by atoms with Crippen molar-refractivity contribution in [3.8, 4) is 34.5 Å². The number of aldehydes is 1. The second-order valence-corrected chi connectivity index (χ2v) is 12.1. The second-order valence-electron chi connectivity index (χ2n) is 11.7. The van der Waals surface area contributed by atoms with Crippen molar-refractivity contribution in [2.45, 2.75) is 13.0 Å². The number of aromatic amines is 1. The van der Waals surface area contributed by atoms with Crippen LogP contribution in [0.15, 0.2) is 90.8 Å². The van der Waals surface area contributed by atoms with Crippen LogP contribution in [0.2, 0.25) is 5.15 Å².